The number of hydrogen-bond acceptors (Lipinski definition) is 3. The van der Waals surface area contributed by atoms with Gasteiger partial charge in [0.2, 0.25) is 0 Å². The van der Waals surface area contributed by atoms with E-state index in [4.69, 9.17) is 9.47 Å². The van der Waals surface area contributed by atoms with Gasteiger partial charge in [-0.15, -0.1) is 0 Å². The number of aliphatic hydroxyl groups is 1. The van der Waals surface area contributed by atoms with Crippen LogP contribution in [0.5, 0.6) is 0 Å². The van der Waals surface area contributed by atoms with Gasteiger partial charge in [-0.1, -0.05) is 18.2 Å². The van der Waals surface area contributed by atoms with Crippen molar-refractivity contribution in [2.24, 2.45) is 11.8 Å². The molecule has 0 aromatic rings. The summed E-state index contributed by atoms with van der Waals surface area (Å²) in [5.41, 5.74) is 2.25. The minimum absolute atomic E-state index is 0.129. The van der Waals surface area contributed by atoms with Crippen LogP contribution in [0.4, 0.5) is 0 Å². The normalized spacial score (nSPS) is 24.2. The highest BCUT2D eigenvalue weighted by Crippen LogP contribution is 2.36. The summed E-state index contributed by atoms with van der Waals surface area (Å²) in [6.45, 7) is 11.5. The van der Waals surface area contributed by atoms with E-state index < -0.39 is 0 Å². The zero-order valence-electron chi connectivity index (χ0n) is 11.8. The maximum atomic E-state index is 9.30. The third kappa shape index (κ3) is 3.94. The van der Waals surface area contributed by atoms with Gasteiger partial charge < -0.3 is 14.6 Å². The van der Waals surface area contributed by atoms with E-state index in [2.05, 4.69) is 19.6 Å². The molecule has 3 nitrogen and oxygen atoms in total. The lowest BCUT2D eigenvalue weighted by atomic mass is 9.77. The summed E-state index contributed by atoms with van der Waals surface area (Å²) >= 11 is 0. The average molecular weight is 254 g/mol. The molecule has 0 unspecified atom stereocenters. The highest BCUT2D eigenvalue weighted by molar-refractivity contribution is 5.16. The first-order valence-electron chi connectivity index (χ1n) is 6.83. The Kier molecular flexibility index (Phi) is 6.61. The monoisotopic (exact) mass is 254 g/mol. The van der Waals surface area contributed by atoms with Crippen LogP contribution in [0.25, 0.3) is 0 Å². The lowest BCUT2D eigenvalue weighted by Crippen LogP contribution is -2.34. The summed E-state index contributed by atoms with van der Waals surface area (Å²) in [6.07, 6.45) is 3.85. The summed E-state index contributed by atoms with van der Waals surface area (Å²) in [5.74, 6) is 0.543. The minimum atomic E-state index is -0.233. The second kappa shape index (κ2) is 7.72. The first-order chi connectivity index (χ1) is 8.63. The fourth-order valence-electron chi connectivity index (χ4n) is 2.58. The van der Waals surface area contributed by atoms with Gasteiger partial charge >= 0.3 is 0 Å². The molecular formula is C15H26O3. The molecule has 0 heterocycles. The Morgan fingerprint density at radius 1 is 1.44 bits per heavy atom. The maximum absolute atomic E-state index is 9.30. The van der Waals surface area contributed by atoms with Crippen molar-refractivity contribution in [2.75, 3.05) is 19.8 Å². The molecule has 1 rings (SSSR count). The molecule has 0 aliphatic heterocycles. The molecule has 0 amide bonds. The van der Waals surface area contributed by atoms with Crippen molar-refractivity contribution in [3.8, 4) is 0 Å². The van der Waals surface area contributed by atoms with Crippen LogP contribution >= 0.6 is 0 Å². The van der Waals surface area contributed by atoms with Crippen LogP contribution in [-0.4, -0.2) is 31.2 Å². The van der Waals surface area contributed by atoms with Gasteiger partial charge in [-0.25, -0.2) is 0 Å². The molecular weight excluding hydrogens is 228 g/mol. The van der Waals surface area contributed by atoms with Crippen LogP contribution in [0.3, 0.4) is 0 Å². The van der Waals surface area contributed by atoms with Crippen LogP contribution in [0.1, 0.15) is 33.6 Å². The lowest BCUT2D eigenvalue weighted by Gasteiger charge is -2.35. The van der Waals surface area contributed by atoms with E-state index in [0.29, 0.717) is 19.1 Å². The van der Waals surface area contributed by atoms with E-state index >= 15 is 0 Å². The van der Waals surface area contributed by atoms with E-state index in [1.807, 2.05) is 13.8 Å². The van der Waals surface area contributed by atoms with Crippen molar-refractivity contribution in [2.45, 2.75) is 39.9 Å². The molecule has 0 bridgehead atoms. The third-order valence-corrected chi connectivity index (χ3v) is 3.48. The van der Waals surface area contributed by atoms with Crippen molar-refractivity contribution in [3.63, 3.8) is 0 Å². The van der Waals surface area contributed by atoms with E-state index in [-0.39, 0.29) is 18.8 Å². The Balaban J connectivity index is 2.89. The van der Waals surface area contributed by atoms with Gasteiger partial charge in [0.15, 0.2) is 6.29 Å². The predicted octanol–water partition coefficient (Wildman–Crippen LogP) is 2.91. The number of aliphatic hydroxyl groups excluding tert-OH is 1. The summed E-state index contributed by atoms with van der Waals surface area (Å²) in [4.78, 5) is 0. The van der Waals surface area contributed by atoms with Gasteiger partial charge in [0.1, 0.15) is 0 Å². The maximum Gasteiger partial charge on any atom is 0.164 e. The molecule has 1 N–H and O–H groups in total. The Labute approximate surface area is 110 Å². The Hall–Kier alpha value is -0.640. The topological polar surface area (TPSA) is 38.7 Å². The van der Waals surface area contributed by atoms with Gasteiger partial charge in [-0.05, 0) is 45.1 Å². The quantitative estimate of drug-likeness (QED) is 0.561. The van der Waals surface area contributed by atoms with E-state index in [1.165, 1.54) is 0 Å². The van der Waals surface area contributed by atoms with Crippen molar-refractivity contribution in [3.05, 3.63) is 23.8 Å². The van der Waals surface area contributed by atoms with Gasteiger partial charge in [0.05, 0.1) is 6.61 Å². The highest BCUT2D eigenvalue weighted by Gasteiger charge is 2.32. The minimum Gasteiger partial charge on any atom is -0.392 e. The summed E-state index contributed by atoms with van der Waals surface area (Å²) < 4.78 is 11.4. The molecule has 1 aliphatic rings. The number of rotatable bonds is 7. The molecule has 0 aromatic heterocycles. The molecule has 0 saturated carbocycles. The number of hydrogen-bond donors (Lipinski definition) is 1. The fourth-order valence-corrected chi connectivity index (χ4v) is 2.58. The molecule has 0 fully saturated rings. The molecule has 0 saturated heterocycles. The van der Waals surface area contributed by atoms with Crippen LogP contribution in [0.2, 0.25) is 0 Å². The van der Waals surface area contributed by atoms with Crippen LogP contribution < -0.4 is 0 Å². The SMILES string of the molecule is C=C(C)[C@@H]1CCC(CO)=C[C@H]1C(OCC)OCC. The standard InChI is InChI=1S/C15H26O3/c1-5-17-15(18-6-2)14-9-12(10-16)7-8-13(14)11(3)4/h9,13-16H,3,5-8,10H2,1-2,4H3/t13-,14+/m0/s1. The summed E-state index contributed by atoms with van der Waals surface area (Å²) in [5, 5.41) is 9.30. The lowest BCUT2D eigenvalue weighted by molar-refractivity contribution is -0.166. The van der Waals surface area contributed by atoms with Gasteiger partial charge in [0.25, 0.3) is 0 Å². The fraction of sp³-hybridized carbons (Fsp3) is 0.733. The number of ether oxygens (including phenoxy) is 2. The molecule has 3 heteroatoms. The Morgan fingerprint density at radius 3 is 2.50 bits per heavy atom. The second-order valence-electron chi connectivity index (χ2n) is 4.83. The predicted molar refractivity (Wildman–Crippen MR) is 73.2 cm³/mol. The average Bonchev–Trinajstić information content (AvgIpc) is 2.37. The van der Waals surface area contributed by atoms with Crippen molar-refractivity contribution >= 4 is 0 Å². The highest BCUT2D eigenvalue weighted by atomic mass is 16.7. The van der Waals surface area contributed by atoms with Crippen molar-refractivity contribution < 1.29 is 14.6 Å². The molecule has 104 valence electrons. The second-order valence-corrected chi connectivity index (χ2v) is 4.83. The van der Waals surface area contributed by atoms with Crippen LogP contribution in [0, 0.1) is 11.8 Å². The van der Waals surface area contributed by atoms with E-state index in [9.17, 15) is 5.11 Å². The van der Waals surface area contributed by atoms with Crippen LogP contribution in [0.15, 0.2) is 23.8 Å². The largest absolute Gasteiger partial charge is 0.392 e. The summed E-state index contributed by atoms with van der Waals surface area (Å²) in [6, 6.07) is 0. The van der Waals surface area contributed by atoms with E-state index in [0.717, 1.165) is 24.0 Å². The first-order valence-corrected chi connectivity index (χ1v) is 6.83. The van der Waals surface area contributed by atoms with Crippen molar-refractivity contribution in [1.82, 2.24) is 0 Å². The smallest absolute Gasteiger partial charge is 0.164 e. The Bertz CT molecular complexity index is 290. The first kappa shape index (κ1) is 15.4. The molecule has 1 aliphatic carbocycles. The number of allylic oxidation sites excluding steroid dienone is 1. The molecule has 0 spiro atoms. The van der Waals surface area contributed by atoms with Crippen LogP contribution in [-0.2, 0) is 9.47 Å². The summed E-state index contributed by atoms with van der Waals surface area (Å²) in [7, 11) is 0. The molecule has 0 aromatic carbocycles. The van der Waals surface area contributed by atoms with E-state index in [1.54, 1.807) is 0 Å². The van der Waals surface area contributed by atoms with Gasteiger partial charge in [-0.3, -0.25) is 0 Å². The van der Waals surface area contributed by atoms with Gasteiger partial charge in [-0.2, -0.15) is 0 Å². The molecule has 18 heavy (non-hydrogen) atoms. The Morgan fingerprint density at radius 2 is 2.06 bits per heavy atom. The third-order valence-electron chi connectivity index (χ3n) is 3.48. The zero-order chi connectivity index (χ0) is 13.5. The zero-order valence-corrected chi connectivity index (χ0v) is 11.8. The van der Waals surface area contributed by atoms with Gasteiger partial charge in [0, 0.05) is 19.1 Å². The molecule has 2 atom stereocenters. The molecule has 0 radical (unpaired) electrons. The van der Waals surface area contributed by atoms with Crippen molar-refractivity contribution in [1.29, 1.82) is 0 Å².